The molecule has 0 unspecified atom stereocenters. The van der Waals surface area contributed by atoms with Gasteiger partial charge >= 0.3 is 0 Å². The maximum absolute atomic E-state index is 12.6. The van der Waals surface area contributed by atoms with Gasteiger partial charge in [-0.15, -0.1) is 0 Å². The number of rotatable bonds is 8. The first-order chi connectivity index (χ1) is 18.4. The largest absolute Gasteiger partial charge is 0.508 e. The normalized spacial score (nSPS) is 16.2. The molecule has 0 aromatic heterocycles. The molecule has 6 nitrogen and oxygen atoms in total. The van der Waals surface area contributed by atoms with Crippen molar-refractivity contribution in [2.24, 2.45) is 0 Å². The minimum Gasteiger partial charge on any atom is -0.508 e. The van der Waals surface area contributed by atoms with Gasteiger partial charge < -0.3 is 20.1 Å². The van der Waals surface area contributed by atoms with Gasteiger partial charge in [0.15, 0.2) is 0 Å². The number of likely N-dealkylation sites (tertiary alicyclic amines) is 1. The highest BCUT2D eigenvalue weighted by Crippen LogP contribution is 2.40. The summed E-state index contributed by atoms with van der Waals surface area (Å²) in [4.78, 5) is 15.1. The average Bonchev–Trinajstić information content (AvgIpc) is 2.88. The number of nitrogens with one attached hydrogen (secondary N) is 1. The molecular formula is C32H33N3O3. The molecule has 0 spiro atoms. The van der Waals surface area contributed by atoms with Crippen LogP contribution < -0.4 is 5.32 Å². The number of allylic oxidation sites excluding steroid dienone is 2. The first-order valence-corrected chi connectivity index (χ1v) is 13.2. The molecule has 1 aliphatic carbocycles. The van der Waals surface area contributed by atoms with Gasteiger partial charge in [0.25, 0.3) is 0 Å². The van der Waals surface area contributed by atoms with Gasteiger partial charge in [0.1, 0.15) is 5.75 Å². The monoisotopic (exact) mass is 507 g/mol. The van der Waals surface area contributed by atoms with Crippen LogP contribution in [0.15, 0.2) is 78.5 Å². The first-order valence-electron chi connectivity index (χ1n) is 13.2. The molecule has 3 aromatic carbocycles. The minimum absolute atomic E-state index is 0.131. The van der Waals surface area contributed by atoms with E-state index in [-0.39, 0.29) is 18.1 Å². The SMILES string of the molecule is Cc1cc(O)cc(NC(=O)CCOC2(c3ccc(-c4cccc(C#N)c4)cc3)CCN(C3=CCC3)CC2)c1. The fourth-order valence-corrected chi connectivity index (χ4v) is 5.36. The Morgan fingerprint density at radius 2 is 1.84 bits per heavy atom. The van der Waals surface area contributed by atoms with Crippen LogP contribution in [0.25, 0.3) is 11.1 Å². The van der Waals surface area contributed by atoms with Crippen molar-refractivity contribution in [1.82, 2.24) is 4.90 Å². The van der Waals surface area contributed by atoms with E-state index in [0.717, 1.165) is 61.0 Å². The Kier molecular flexibility index (Phi) is 7.48. The summed E-state index contributed by atoms with van der Waals surface area (Å²) in [7, 11) is 0. The Bertz CT molecular complexity index is 1360. The van der Waals surface area contributed by atoms with Crippen LogP contribution in [-0.4, -0.2) is 35.6 Å². The van der Waals surface area contributed by atoms with Crippen molar-refractivity contribution >= 4 is 11.6 Å². The second-order valence-electron chi connectivity index (χ2n) is 10.2. The van der Waals surface area contributed by atoms with Crippen LogP contribution in [0.1, 0.15) is 48.8 Å². The van der Waals surface area contributed by atoms with Crippen LogP contribution in [0.4, 0.5) is 5.69 Å². The van der Waals surface area contributed by atoms with Gasteiger partial charge in [-0.1, -0.05) is 42.5 Å². The third-order valence-electron chi connectivity index (χ3n) is 7.55. The summed E-state index contributed by atoms with van der Waals surface area (Å²) in [6.45, 7) is 4.02. The second kappa shape index (κ2) is 11.1. The fourth-order valence-electron chi connectivity index (χ4n) is 5.36. The van der Waals surface area contributed by atoms with Crippen LogP contribution in [0.3, 0.4) is 0 Å². The zero-order valence-corrected chi connectivity index (χ0v) is 21.7. The maximum atomic E-state index is 12.6. The van der Waals surface area contributed by atoms with E-state index in [9.17, 15) is 15.2 Å². The Morgan fingerprint density at radius 3 is 2.50 bits per heavy atom. The number of ether oxygens (including phenoxy) is 1. The molecule has 1 heterocycles. The number of anilines is 1. The van der Waals surface area contributed by atoms with Crippen LogP contribution in [-0.2, 0) is 15.1 Å². The lowest BCUT2D eigenvalue weighted by atomic mass is 9.82. The van der Waals surface area contributed by atoms with Gasteiger partial charge in [0, 0.05) is 30.5 Å². The predicted molar refractivity (Wildman–Crippen MR) is 148 cm³/mol. The average molecular weight is 508 g/mol. The van der Waals surface area contributed by atoms with Gasteiger partial charge in [-0.05, 0) is 79.1 Å². The second-order valence-corrected chi connectivity index (χ2v) is 10.2. The number of phenols is 1. The number of carbonyl (C=O) groups excluding carboxylic acids is 1. The highest BCUT2D eigenvalue weighted by atomic mass is 16.5. The van der Waals surface area contributed by atoms with E-state index in [2.05, 4.69) is 46.6 Å². The highest BCUT2D eigenvalue weighted by Gasteiger charge is 2.38. The number of carbonyl (C=O) groups is 1. The molecule has 1 fully saturated rings. The molecule has 3 aromatic rings. The molecule has 1 amide bonds. The molecule has 0 saturated carbocycles. The van der Waals surface area contributed by atoms with E-state index in [1.165, 1.54) is 5.70 Å². The number of nitriles is 1. The quantitative estimate of drug-likeness (QED) is 0.376. The molecule has 6 heteroatoms. The van der Waals surface area contributed by atoms with Crippen LogP contribution in [0.2, 0.25) is 0 Å². The number of nitrogens with zero attached hydrogens (tertiary/aromatic N) is 2. The molecule has 1 saturated heterocycles. The standard InChI is InChI=1S/C32H33N3O3/c1-23-18-28(21-30(36)19-23)34-31(37)12-17-38-32(13-15-35(16-14-32)29-6-3-7-29)27-10-8-25(9-11-27)26-5-2-4-24(20-26)22-33/h2,4-6,8-11,18-21,36H,3,7,12-17H2,1H3,(H,34,37). The minimum atomic E-state index is -0.463. The van der Waals surface area contributed by atoms with Crippen LogP contribution in [0.5, 0.6) is 5.75 Å². The van der Waals surface area contributed by atoms with Gasteiger partial charge in [0.2, 0.25) is 5.91 Å². The third kappa shape index (κ3) is 5.74. The molecular weight excluding hydrogens is 474 g/mol. The summed E-state index contributed by atoms with van der Waals surface area (Å²) >= 11 is 0. The topological polar surface area (TPSA) is 85.6 Å². The Hall–Kier alpha value is -4.08. The summed E-state index contributed by atoms with van der Waals surface area (Å²) in [5, 5.41) is 21.9. The number of aryl methyl sites for hydroxylation is 1. The van der Waals surface area contributed by atoms with E-state index in [4.69, 9.17) is 4.74 Å². The number of phenolic OH excluding ortho intramolecular Hbond substituents is 1. The van der Waals surface area contributed by atoms with Crippen molar-refractivity contribution in [2.75, 3.05) is 25.0 Å². The van der Waals surface area contributed by atoms with Gasteiger partial charge in [-0.25, -0.2) is 0 Å². The molecule has 0 bridgehead atoms. The van der Waals surface area contributed by atoms with Crippen molar-refractivity contribution < 1.29 is 14.6 Å². The van der Waals surface area contributed by atoms with E-state index < -0.39 is 5.60 Å². The van der Waals surface area contributed by atoms with Gasteiger partial charge in [-0.2, -0.15) is 5.26 Å². The maximum Gasteiger partial charge on any atom is 0.226 e. The van der Waals surface area contributed by atoms with E-state index in [1.54, 1.807) is 12.1 Å². The molecule has 5 rings (SSSR count). The van der Waals surface area contributed by atoms with Crippen molar-refractivity contribution in [3.05, 3.63) is 95.2 Å². The van der Waals surface area contributed by atoms with Crippen LogP contribution in [0, 0.1) is 18.3 Å². The predicted octanol–water partition coefficient (Wildman–Crippen LogP) is 6.25. The van der Waals surface area contributed by atoms with Crippen molar-refractivity contribution in [3.8, 4) is 22.9 Å². The molecule has 38 heavy (non-hydrogen) atoms. The van der Waals surface area contributed by atoms with Gasteiger partial charge in [-0.3, -0.25) is 4.79 Å². The number of benzene rings is 3. The fraction of sp³-hybridized carbons (Fsp3) is 0.312. The summed E-state index contributed by atoms with van der Waals surface area (Å²) < 4.78 is 6.57. The van der Waals surface area contributed by atoms with E-state index in [1.807, 2.05) is 37.3 Å². The lowest BCUT2D eigenvalue weighted by Gasteiger charge is -2.44. The number of aromatic hydroxyl groups is 1. The highest BCUT2D eigenvalue weighted by molar-refractivity contribution is 5.91. The summed E-state index contributed by atoms with van der Waals surface area (Å²) in [6.07, 6.45) is 6.55. The van der Waals surface area contributed by atoms with Crippen LogP contribution >= 0.6 is 0 Å². The zero-order chi connectivity index (χ0) is 26.5. The molecule has 0 atom stereocenters. The van der Waals surface area contributed by atoms with Crippen molar-refractivity contribution in [1.29, 1.82) is 5.26 Å². The first kappa shape index (κ1) is 25.6. The summed E-state index contributed by atoms with van der Waals surface area (Å²) in [5.41, 5.74) is 6.26. The molecule has 2 N–H and O–H groups in total. The van der Waals surface area contributed by atoms with Crippen molar-refractivity contribution in [3.63, 3.8) is 0 Å². The number of hydrogen-bond donors (Lipinski definition) is 2. The Labute approximate surface area is 224 Å². The number of hydrogen-bond acceptors (Lipinski definition) is 5. The smallest absolute Gasteiger partial charge is 0.226 e. The number of amides is 1. The number of piperidine rings is 1. The lowest BCUT2D eigenvalue weighted by molar-refractivity contribution is -0.122. The molecule has 1 aliphatic heterocycles. The van der Waals surface area contributed by atoms with E-state index in [0.29, 0.717) is 17.9 Å². The zero-order valence-electron chi connectivity index (χ0n) is 21.7. The summed E-state index contributed by atoms with van der Waals surface area (Å²) in [6, 6.07) is 23.3. The summed E-state index contributed by atoms with van der Waals surface area (Å²) in [5.74, 6) is -0.0124. The lowest BCUT2D eigenvalue weighted by Crippen LogP contribution is -2.44. The van der Waals surface area contributed by atoms with Crippen molar-refractivity contribution in [2.45, 2.75) is 44.6 Å². The molecule has 2 aliphatic rings. The third-order valence-corrected chi connectivity index (χ3v) is 7.55. The molecule has 0 radical (unpaired) electrons. The molecule has 194 valence electrons. The van der Waals surface area contributed by atoms with Gasteiger partial charge in [0.05, 0.1) is 30.3 Å². The van der Waals surface area contributed by atoms with E-state index >= 15 is 0 Å². The Balaban J connectivity index is 1.29. The Morgan fingerprint density at radius 1 is 1.08 bits per heavy atom.